The Balaban J connectivity index is 1.29. The van der Waals surface area contributed by atoms with E-state index < -0.39 is 11.6 Å². The van der Waals surface area contributed by atoms with Crippen molar-refractivity contribution in [2.75, 3.05) is 19.8 Å². The summed E-state index contributed by atoms with van der Waals surface area (Å²) in [6, 6.07) is 44.3. The molecule has 8 heteroatoms. The van der Waals surface area contributed by atoms with Crippen LogP contribution in [-0.2, 0) is 22.4 Å². The van der Waals surface area contributed by atoms with E-state index in [0.717, 1.165) is 51.6 Å². The minimum atomic E-state index is -1.31. The fourth-order valence-electron chi connectivity index (χ4n) is 6.11. The van der Waals surface area contributed by atoms with Gasteiger partial charge in [0.1, 0.15) is 5.75 Å². The molecule has 0 fully saturated rings. The number of unbranched alkanes of at least 4 members (excludes halogenated alkanes) is 1. The zero-order chi connectivity index (χ0) is 34.6. The summed E-state index contributed by atoms with van der Waals surface area (Å²) >= 11 is 3.55. The van der Waals surface area contributed by atoms with Gasteiger partial charge in [-0.15, -0.1) is 0 Å². The number of hydrogen-bond acceptors (Lipinski definition) is 6. The fraction of sp³-hybridized carbons (Fsp3) is 0.238. The third kappa shape index (κ3) is 8.87. The molecule has 1 aliphatic heterocycles. The van der Waals surface area contributed by atoms with Gasteiger partial charge in [0.2, 0.25) is 5.90 Å². The molecule has 0 saturated heterocycles. The molecular formula is C42H42BrN3O4. The van der Waals surface area contributed by atoms with Crippen LogP contribution in [0.15, 0.2) is 143 Å². The summed E-state index contributed by atoms with van der Waals surface area (Å²) in [6.07, 6.45) is 3.05. The number of benzene rings is 5. The number of aliphatic hydroxyl groups excluding tert-OH is 1. The van der Waals surface area contributed by atoms with E-state index in [1.54, 1.807) is 0 Å². The van der Waals surface area contributed by atoms with E-state index in [1.165, 1.54) is 5.56 Å². The van der Waals surface area contributed by atoms with Crippen molar-refractivity contribution in [3.8, 4) is 16.9 Å². The molecule has 50 heavy (non-hydrogen) atoms. The van der Waals surface area contributed by atoms with Gasteiger partial charge in [0, 0.05) is 36.0 Å². The fourth-order valence-corrected chi connectivity index (χ4v) is 6.38. The standard InChI is InChI=1S/C42H42BrN3O4/c43-37-23-15-32(16-24-37)30-42(41(48)46-44-27-8-7-12-31-10-3-1-4-11-31)39(35-19-17-34(18-20-35)33-13-5-2-6-14-33)50-40(45-42)36-21-25-38(26-22-36)49-29-9-28-47/h1-6,10-11,13-26,39,44,47H,7-9,12,27-30H2,(H,46,48)/t39-,42-/m0/s1. The summed E-state index contributed by atoms with van der Waals surface area (Å²) in [4.78, 5) is 19.7. The zero-order valence-corrected chi connectivity index (χ0v) is 29.5. The molecule has 0 bridgehead atoms. The summed E-state index contributed by atoms with van der Waals surface area (Å²) in [5.74, 6) is 0.808. The van der Waals surface area contributed by atoms with Crippen LogP contribution in [0.2, 0.25) is 0 Å². The third-order valence-electron chi connectivity index (χ3n) is 8.80. The van der Waals surface area contributed by atoms with Crippen LogP contribution in [0, 0.1) is 0 Å². The Hall–Kier alpha value is -4.76. The second-order valence-corrected chi connectivity index (χ2v) is 13.3. The van der Waals surface area contributed by atoms with E-state index in [-0.39, 0.29) is 12.5 Å². The summed E-state index contributed by atoms with van der Waals surface area (Å²) in [5, 5.41) is 9.12. The van der Waals surface area contributed by atoms with Crippen LogP contribution in [0.5, 0.6) is 5.75 Å². The molecule has 0 aromatic heterocycles. The van der Waals surface area contributed by atoms with Gasteiger partial charge in [-0.25, -0.2) is 10.4 Å². The lowest BCUT2D eigenvalue weighted by atomic mass is 9.82. The quantitative estimate of drug-likeness (QED) is 0.0707. The third-order valence-corrected chi connectivity index (χ3v) is 9.33. The lowest BCUT2D eigenvalue weighted by Gasteiger charge is -2.31. The summed E-state index contributed by atoms with van der Waals surface area (Å²) < 4.78 is 13.4. The van der Waals surface area contributed by atoms with Gasteiger partial charge in [-0.3, -0.25) is 10.2 Å². The number of aliphatic imine (C=N–C) groups is 1. The predicted molar refractivity (Wildman–Crippen MR) is 202 cm³/mol. The molecule has 7 nitrogen and oxygen atoms in total. The van der Waals surface area contributed by atoms with Crippen molar-refractivity contribution in [3.05, 3.63) is 160 Å². The largest absolute Gasteiger partial charge is 0.494 e. The predicted octanol–water partition coefficient (Wildman–Crippen LogP) is 8.02. The molecular weight excluding hydrogens is 690 g/mol. The number of aliphatic hydroxyl groups is 1. The monoisotopic (exact) mass is 731 g/mol. The molecule has 0 aliphatic carbocycles. The number of rotatable bonds is 16. The van der Waals surface area contributed by atoms with E-state index in [9.17, 15) is 4.79 Å². The maximum Gasteiger partial charge on any atom is 0.266 e. The van der Waals surface area contributed by atoms with Gasteiger partial charge in [0.25, 0.3) is 5.91 Å². The normalized spacial score (nSPS) is 16.8. The van der Waals surface area contributed by atoms with Gasteiger partial charge in [0.05, 0.1) is 6.61 Å². The Morgan fingerprint density at radius 2 is 1.42 bits per heavy atom. The van der Waals surface area contributed by atoms with Crippen molar-refractivity contribution >= 4 is 27.7 Å². The van der Waals surface area contributed by atoms with Gasteiger partial charge in [0.15, 0.2) is 11.6 Å². The van der Waals surface area contributed by atoms with E-state index >= 15 is 0 Å². The smallest absolute Gasteiger partial charge is 0.266 e. The molecule has 3 N–H and O–H groups in total. The van der Waals surface area contributed by atoms with Crippen molar-refractivity contribution in [3.63, 3.8) is 0 Å². The average Bonchev–Trinajstić information content (AvgIpc) is 3.55. The van der Waals surface area contributed by atoms with Crippen molar-refractivity contribution in [2.45, 2.75) is 43.7 Å². The SMILES string of the molecule is O=C(NNCCCCc1ccccc1)[C@@]1(Cc2ccc(Br)cc2)N=C(c2ccc(OCCCO)cc2)O[C@H]1c1ccc(-c2ccccc2)cc1. The minimum Gasteiger partial charge on any atom is -0.494 e. The molecule has 1 aliphatic rings. The highest BCUT2D eigenvalue weighted by molar-refractivity contribution is 9.10. The minimum absolute atomic E-state index is 0.0709. The van der Waals surface area contributed by atoms with Gasteiger partial charge in [-0.2, -0.15) is 0 Å². The van der Waals surface area contributed by atoms with Crippen molar-refractivity contribution in [2.24, 2.45) is 4.99 Å². The number of nitrogens with zero attached hydrogens (tertiary/aromatic N) is 1. The van der Waals surface area contributed by atoms with Crippen LogP contribution >= 0.6 is 15.9 Å². The number of carbonyl (C=O) groups is 1. The second-order valence-electron chi connectivity index (χ2n) is 12.4. The van der Waals surface area contributed by atoms with E-state index in [2.05, 4.69) is 75.3 Å². The molecule has 256 valence electrons. The van der Waals surface area contributed by atoms with Gasteiger partial charge < -0.3 is 14.6 Å². The zero-order valence-electron chi connectivity index (χ0n) is 27.9. The van der Waals surface area contributed by atoms with Gasteiger partial charge in [-0.05, 0) is 83.5 Å². The van der Waals surface area contributed by atoms with Crippen LogP contribution in [-0.4, -0.2) is 42.2 Å². The topological polar surface area (TPSA) is 92.2 Å². The molecule has 0 saturated carbocycles. The van der Waals surface area contributed by atoms with Crippen LogP contribution in [0.25, 0.3) is 11.1 Å². The van der Waals surface area contributed by atoms with Crippen molar-refractivity contribution < 1.29 is 19.4 Å². The summed E-state index contributed by atoms with van der Waals surface area (Å²) in [7, 11) is 0. The van der Waals surface area contributed by atoms with Crippen LogP contribution in [0.1, 0.15) is 47.6 Å². The number of ether oxygens (including phenoxy) is 2. The first-order valence-electron chi connectivity index (χ1n) is 17.1. The van der Waals surface area contributed by atoms with Crippen LogP contribution in [0.3, 0.4) is 0 Å². The maximum atomic E-state index is 14.5. The number of nitrogens with one attached hydrogen (secondary N) is 2. The summed E-state index contributed by atoms with van der Waals surface area (Å²) in [6.45, 7) is 1.12. The Labute approximate surface area is 302 Å². The Morgan fingerprint density at radius 3 is 2.12 bits per heavy atom. The number of hydrazine groups is 1. The highest BCUT2D eigenvalue weighted by atomic mass is 79.9. The Kier molecular flexibility index (Phi) is 12.1. The number of halogens is 1. The van der Waals surface area contributed by atoms with Gasteiger partial charge >= 0.3 is 0 Å². The number of carbonyl (C=O) groups excluding carboxylic acids is 1. The maximum absolute atomic E-state index is 14.5. The number of aryl methyl sites for hydroxylation is 1. The molecule has 2 atom stereocenters. The molecule has 5 aromatic rings. The summed E-state index contributed by atoms with van der Waals surface area (Å²) in [5.41, 5.74) is 10.9. The van der Waals surface area contributed by atoms with Crippen LogP contribution in [0.4, 0.5) is 0 Å². The van der Waals surface area contributed by atoms with Gasteiger partial charge in [-0.1, -0.05) is 113 Å². The Morgan fingerprint density at radius 1 is 0.760 bits per heavy atom. The molecule has 1 heterocycles. The van der Waals surface area contributed by atoms with Crippen molar-refractivity contribution in [1.82, 2.24) is 10.9 Å². The van der Waals surface area contributed by atoms with Crippen molar-refractivity contribution in [1.29, 1.82) is 0 Å². The lowest BCUT2D eigenvalue weighted by Crippen LogP contribution is -2.54. The van der Waals surface area contributed by atoms with E-state index in [4.69, 9.17) is 19.6 Å². The number of hydrogen-bond donors (Lipinski definition) is 3. The molecule has 6 rings (SSSR count). The molecule has 0 radical (unpaired) electrons. The highest BCUT2D eigenvalue weighted by Gasteiger charge is 2.53. The van der Waals surface area contributed by atoms with E-state index in [1.807, 2.05) is 84.9 Å². The number of amides is 1. The molecule has 0 unspecified atom stereocenters. The molecule has 1 amide bonds. The lowest BCUT2D eigenvalue weighted by molar-refractivity contribution is -0.130. The first-order chi connectivity index (χ1) is 24.5. The second kappa shape index (κ2) is 17.3. The molecule has 0 spiro atoms. The van der Waals surface area contributed by atoms with Crippen LogP contribution < -0.4 is 15.6 Å². The highest BCUT2D eigenvalue weighted by Crippen LogP contribution is 2.43. The Bertz CT molecular complexity index is 1830. The first-order valence-corrected chi connectivity index (χ1v) is 17.9. The average molecular weight is 733 g/mol. The van der Waals surface area contributed by atoms with E-state index in [0.29, 0.717) is 37.6 Å². The first kappa shape index (κ1) is 35.1. The molecule has 5 aromatic carbocycles.